The maximum Gasteiger partial charge on any atom is 0.283 e. The third-order valence-electron chi connectivity index (χ3n) is 5.44. The molecule has 1 aliphatic rings. The van der Waals surface area contributed by atoms with Crippen LogP contribution in [0.5, 0.6) is 0 Å². The number of carbonyl (C=O) groups is 3. The van der Waals surface area contributed by atoms with E-state index in [4.69, 9.17) is 11.6 Å². The number of amides is 3. The van der Waals surface area contributed by atoms with Crippen molar-refractivity contribution in [2.24, 2.45) is 0 Å². The largest absolute Gasteiger partial charge is 0.350 e. The van der Waals surface area contributed by atoms with Crippen molar-refractivity contribution in [3.05, 3.63) is 99.7 Å². The Balaban J connectivity index is 1.50. The fourth-order valence-corrected chi connectivity index (χ4v) is 3.77. The first kappa shape index (κ1) is 22.3. The summed E-state index contributed by atoms with van der Waals surface area (Å²) < 4.78 is 0. The number of benzene rings is 3. The van der Waals surface area contributed by atoms with Crippen molar-refractivity contribution in [2.75, 3.05) is 15.5 Å². The van der Waals surface area contributed by atoms with Crippen LogP contribution in [0.25, 0.3) is 0 Å². The van der Waals surface area contributed by atoms with E-state index < -0.39 is 11.8 Å². The van der Waals surface area contributed by atoms with Crippen molar-refractivity contribution in [1.29, 1.82) is 0 Å². The molecule has 0 radical (unpaired) electrons. The molecular weight excluding hydrogens is 438 g/mol. The molecular formula is C26H22ClN3O3. The highest BCUT2D eigenvalue weighted by Crippen LogP contribution is 2.31. The molecule has 1 heterocycles. The third-order valence-corrected chi connectivity index (χ3v) is 5.79. The number of aryl methyl sites for hydroxylation is 3. The highest BCUT2D eigenvalue weighted by molar-refractivity contribution is 6.53. The molecule has 7 heteroatoms. The number of nitrogens with one attached hydrogen (secondary N) is 2. The predicted molar refractivity (Wildman–Crippen MR) is 130 cm³/mol. The van der Waals surface area contributed by atoms with Gasteiger partial charge >= 0.3 is 0 Å². The summed E-state index contributed by atoms with van der Waals surface area (Å²) in [6.45, 7) is 5.71. The van der Waals surface area contributed by atoms with Gasteiger partial charge in [0.25, 0.3) is 17.7 Å². The zero-order chi connectivity index (χ0) is 23.7. The Morgan fingerprint density at radius 1 is 0.848 bits per heavy atom. The lowest BCUT2D eigenvalue weighted by Gasteiger charge is -2.17. The molecule has 1 aliphatic heterocycles. The molecule has 3 aromatic carbocycles. The van der Waals surface area contributed by atoms with Crippen molar-refractivity contribution in [3.8, 4) is 0 Å². The van der Waals surface area contributed by atoms with Gasteiger partial charge in [-0.25, -0.2) is 4.90 Å². The van der Waals surface area contributed by atoms with Gasteiger partial charge in [0.15, 0.2) is 0 Å². The Labute approximate surface area is 196 Å². The average Bonchev–Trinajstić information content (AvgIpc) is 3.00. The summed E-state index contributed by atoms with van der Waals surface area (Å²) in [5.74, 6) is -1.36. The van der Waals surface area contributed by atoms with Gasteiger partial charge in [0.2, 0.25) is 0 Å². The van der Waals surface area contributed by atoms with Gasteiger partial charge in [-0.05, 0) is 73.9 Å². The van der Waals surface area contributed by atoms with E-state index in [-0.39, 0.29) is 16.6 Å². The van der Waals surface area contributed by atoms with E-state index in [0.29, 0.717) is 16.9 Å². The molecule has 4 rings (SSSR count). The van der Waals surface area contributed by atoms with Crippen LogP contribution in [0.1, 0.15) is 27.0 Å². The first-order valence-corrected chi connectivity index (χ1v) is 10.7. The summed E-state index contributed by atoms with van der Waals surface area (Å²) in [5.41, 5.74) is 5.02. The van der Waals surface area contributed by atoms with Crippen LogP contribution in [0.3, 0.4) is 0 Å². The van der Waals surface area contributed by atoms with Gasteiger partial charge in [-0.15, -0.1) is 0 Å². The van der Waals surface area contributed by atoms with Gasteiger partial charge in [-0.3, -0.25) is 14.4 Å². The minimum absolute atomic E-state index is 0.00231. The number of halogens is 1. The quantitative estimate of drug-likeness (QED) is 0.507. The maximum absolute atomic E-state index is 13.0. The van der Waals surface area contributed by atoms with E-state index in [9.17, 15) is 14.4 Å². The molecule has 0 bridgehead atoms. The Morgan fingerprint density at radius 3 is 2.24 bits per heavy atom. The molecule has 0 aliphatic carbocycles. The molecule has 0 fully saturated rings. The van der Waals surface area contributed by atoms with Crippen LogP contribution in [0, 0.1) is 20.8 Å². The molecule has 6 nitrogen and oxygen atoms in total. The number of anilines is 3. The summed E-state index contributed by atoms with van der Waals surface area (Å²) in [5, 5.41) is 5.66. The van der Waals surface area contributed by atoms with Gasteiger partial charge in [0.1, 0.15) is 10.7 Å². The summed E-state index contributed by atoms with van der Waals surface area (Å²) >= 11 is 6.21. The van der Waals surface area contributed by atoms with Gasteiger partial charge in [0.05, 0.1) is 5.69 Å². The fraction of sp³-hybridized carbons (Fsp3) is 0.115. The molecule has 0 saturated heterocycles. The summed E-state index contributed by atoms with van der Waals surface area (Å²) in [7, 11) is 0. The third kappa shape index (κ3) is 4.38. The minimum Gasteiger partial charge on any atom is -0.350 e. The summed E-state index contributed by atoms with van der Waals surface area (Å²) in [4.78, 5) is 39.3. The second-order valence-corrected chi connectivity index (χ2v) is 8.27. The number of nitrogens with zero attached hydrogens (tertiary/aromatic N) is 1. The van der Waals surface area contributed by atoms with Gasteiger partial charge in [-0.1, -0.05) is 41.9 Å². The predicted octanol–water partition coefficient (Wildman–Crippen LogP) is 5.30. The highest BCUT2D eigenvalue weighted by Gasteiger charge is 2.39. The van der Waals surface area contributed by atoms with Crippen LogP contribution in [0.15, 0.2) is 77.5 Å². The highest BCUT2D eigenvalue weighted by atomic mass is 35.5. The summed E-state index contributed by atoms with van der Waals surface area (Å²) in [6.07, 6.45) is 0. The Bertz CT molecular complexity index is 1310. The average molecular weight is 460 g/mol. The number of imide groups is 1. The van der Waals surface area contributed by atoms with E-state index in [1.807, 2.05) is 51.1 Å². The molecule has 0 spiro atoms. The van der Waals surface area contributed by atoms with Crippen LogP contribution in [0.4, 0.5) is 17.1 Å². The van der Waals surface area contributed by atoms with Crippen LogP contribution < -0.4 is 15.5 Å². The standard InChI is InChI=1S/C26H22ClN3O3/c1-15-8-9-16(2)20(14-15)29-24(31)18-10-12-19(13-11-18)28-23-22(27)25(32)30(26(23)33)21-7-5-4-6-17(21)3/h4-14,28H,1-3H3,(H,29,31). The lowest BCUT2D eigenvalue weighted by molar-refractivity contribution is -0.120. The molecule has 3 aromatic rings. The minimum atomic E-state index is -0.581. The second-order valence-electron chi connectivity index (χ2n) is 7.90. The van der Waals surface area contributed by atoms with E-state index in [1.54, 1.807) is 36.4 Å². The first-order valence-electron chi connectivity index (χ1n) is 10.4. The smallest absolute Gasteiger partial charge is 0.283 e. The molecule has 3 amide bonds. The zero-order valence-corrected chi connectivity index (χ0v) is 19.2. The molecule has 0 unspecified atom stereocenters. The maximum atomic E-state index is 13.0. The number of para-hydroxylation sites is 1. The van der Waals surface area contributed by atoms with Crippen LogP contribution in [-0.4, -0.2) is 17.7 Å². The molecule has 2 N–H and O–H groups in total. The van der Waals surface area contributed by atoms with Crippen molar-refractivity contribution in [2.45, 2.75) is 20.8 Å². The normalized spacial score (nSPS) is 13.5. The van der Waals surface area contributed by atoms with Gasteiger partial charge < -0.3 is 10.6 Å². The monoisotopic (exact) mass is 459 g/mol. The van der Waals surface area contributed by atoms with Crippen molar-refractivity contribution >= 4 is 46.4 Å². The zero-order valence-electron chi connectivity index (χ0n) is 18.4. The van der Waals surface area contributed by atoms with E-state index >= 15 is 0 Å². The SMILES string of the molecule is Cc1ccc(C)c(NC(=O)c2ccc(NC3=C(Cl)C(=O)N(c4ccccc4C)C3=O)cc2)c1. The molecule has 166 valence electrons. The first-order chi connectivity index (χ1) is 15.8. The van der Waals surface area contributed by atoms with Crippen LogP contribution >= 0.6 is 11.6 Å². The van der Waals surface area contributed by atoms with Crippen molar-refractivity contribution in [1.82, 2.24) is 0 Å². The van der Waals surface area contributed by atoms with E-state index in [2.05, 4.69) is 10.6 Å². The Kier molecular flexibility index (Phi) is 6.03. The Morgan fingerprint density at radius 2 is 1.55 bits per heavy atom. The summed E-state index contributed by atoms with van der Waals surface area (Å²) in [6, 6.07) is 19.5. The van der Waals surface area contributed by atoms with E-state index in [1.165, 1.54) is 0 Å². The fourth-order valence-electron chi connectivity index (χ4n) is 3.56. The molecule has 0 saturated carbocycles. The number of hydrogen-bond acceptors (Lipinski definition) is 4. The topological polar surface area (TPSA) is 78.5 Å². The van der Waals surface area contributed by atoms with Crippen LogP contribution in [-0.2, 0) is 9.59 Å². The lowest BCUT2D eigenvalue weighted by atomic mass is 10.1. The number of carbonyl (C=O) groups excluding carboxylic acids is 3. The molecule has 33 heavy (non-hydrogen) atoms. The lowest BCUT2D eigenvalue weighted by Crippen LogP contribution is -2.32. The van der Waals surface area contributed by atoms with Crippen LogP contribution in [0.2, 0.25) is 0 Å². The van der Waals surface area contributed by atoms with Gasteiger partial charge in [0, 0.05) is 16.9 Å². The van der Waals surface area contributed by atoms with Crippen molar-refractivity contribution in [3.63, 3.8) is 0 Å². The van der Waals surface area contributed by atoms with Crippen molar-refractivity contribution < 1.29 is 14.4 Å². The number of hydrogen-bond donors (Lipinski definition) is 2. The molecule has 0 aromatic heterocycles. The molecule has 0 atom stereocenters. The number of rotatable bonds is 5. The second kappa shape index (κ2) is 8.92. The van der Waals surface area contributed by atoms with Gasteiger partial charge in [-0.2, -0.15) is 0 Å². The van der Waals surface area contributed by atoms with E-state index in [0.717, 1.165) is 27.3 Å². The Hall–Kier alpha value is -3.90.